The Morgan fingerprint density at radius 2 is 1.79 bits per heavy atom. The first-order valence-corrected chi connectivity index (χ1v) is 11.9. The van der Waals surface area contributed by atoms with Crippen LogP contribution in [-0.4, -0.2) is 50.6 Å². The standard InChI is InChI=1S/C21H26ClN3O3S/c1-15(16-4-7-19(8-5-16)29(3,27)28)24(2)21(26)17-10-12-25(13-11-17)20-9-6-18(22)14-23-20/h4-9,14-15,17H,10-13H2,1-3H3. The van der Waals surface area contributed by atoms with E-state index < -0.39 is 9.84 Å². The topological polar surface area (TPSA) is 70.6 Å². The number of aromatic nitrogens is 1. The van der Waals surface area contributed by atoms with Gasteiger partial charge in [0.25, 0.3) is 0 Å². The van der Waals surface area contributed by atoms with Crippen LogP contribution in [0, 0.1) is 5.92 Å². The fourth-order valence-electron chi connectivity index (χ4n) is 3.61. The summed E-state index contributed by atoms with van der Waals surface area (Å²) in [7, 11) is -1.42. The number of hydrogen-bond acceptors (Lipinski definition) is 5. The third-order valence-corrected chi connectivity index (χ3v) is 6.95. The largest absolute Gasteiger partial charge is 0.357 e. The van der Waals surface area contributed by atoms with Gasteiger partial charge in [-0.05, 0) is 49.6 Å². The van der Waals surface area contributed by atoms with E-state index in [1.807, 2.05) is 26.1 Å². The Morgan fingerprint density at radius 1 is 1.17 bits per heavy atom. The first-order valence-electron chi connectivity index (χ1n) is 9.60. The molecule has 0 bridgehead atoms. The van der Waals surface area contributed by atoms with Gasteiger partial charge in [-0.15, -0.1) is 0 Å². The van der Waals surface area contributed by atoms with Gasteiger partial charge in [0.15, 0.2) is 9.84 Å². The lowest BCUT2D eigenvalue weighted by molar-refractivity contribution is -0.136. The van der Waals surface area contributed by atoms with Crippen molar-refractivity contribution >= 4 is 33.2 Å². The number of benzene rings is 1. The lowest BCUT2D eigenvalue weighted by Crippen LogP contribution is -2.42. The number of carbonyl (C=O) groups is 1. The molecular formula is C21H26ClN3O3S. The molecule has 1 aliphatic rings. The number of nitrogens with zero attached hydrogens (tertiary/aromatic N) is 3. The van der Waals surface area contributed by atoms with Crippen molar-refractivity contribution in [3.8, 4) is 0 Å². The zero-order valence-corrected chi connectivity index (χ0v) is 18.4. The fourth-order valence-corrected chi connectivity index (χ4v) is 4.35. The van der Waals surface area contributed by atoms with Gasteiger partial charge in [-0.3, -0.25) is 4.79 Å². The third kappa shape index (κ3) is 5.08. The van der Waals surface area contributed by atoms with E-state index in [9.17, 15) is 13.2 Å². The molecule has 1 saturated heterocycles. The predicted octanol–water partition coefficient (Wildman–Crippen LogP) is 3.57. The molecule has 1 atom stereocenters. The van der Waals surface area contributed by atoms with Gasteiger partial charge in [0.05, 0.1) is 16.0 Å². The molecule has 29 heavy (non-hydrogen) atoms. The first kappa shape index (κ1) is 21.6. The number of amides is 1. The summed E-state index contributed by atoms with van der Waals surface area (Å²) in [5.74, 6) is 0.975. The van der Waals surface area contributed by atoms with Gasteiger partial charge in [-0.25, -0.2) is 13.4 Å². The summed E-state index contributed by atoms with van der Waals surface area (Å²) in [5, 5.41) is 0.610. The molecule has 1 amide bonds. The number of pyridine rings is 1. The highest BCUT2D eigenvalue weighted by Crippen LogP contribution is 2.27. The smallest absolute Gasteiger partial charge is 0.226 e. The highest BCUT2D eigenvalue weighted by atomic mass is 35.5. The normalized spacial score (nSPS) is 16.5. The Labute approximate surface area is 177 Å². The Bertz CT molecular complexity index is 954. The minimum atomic E-state index is -3.23. The summed E-state index contributed by atoms with van der Waals surface area (Å²) in [6.07, 6.45) is 4.37. The van der Waals surface area contributed by atoms with Crippen LogP contribution < -0.4 is 4.90 Å². The average molecular weight is 436 g/mol. The van der Waals surface area contributed by atoms with Gasteiger partial charge in [-0.2, -0.15) is 0 Å². The molecule has 2 aromatic rings. The minimum absolute atomic E-state index is 0.0266. The molecule has 2 heterocycles. The van der Waals surface area contributed by atoms with Crippen molar-refractivity contribution in [2.24, 2.45) is 5.92 Å². The first-order chi connectivity index (χ1) is 13.7. The lowest BCUT2D eigenvalue weighted by atomic mass is 9.94. The molecule has 1 aromatic heterocycles. The van der Waals surface area contributed by atoms with Gasteiger partial charge in [0.1, 0.15) is 5.82 Å². The van der Waals surface area contributed by atoms with E-state index in [-0.39, 0.29) is 22.8 Å². The molecule has 6 nitrogen and oxygen atoms in total. The predicted molar refractivity (Wildman–Crippen MR) is 115 cm³/mol. The van der Waals surface area contributed by atoms with Crippen molar-refractivity contribution in [2.75, 3.05) is 31.3 Å². The highest BCUT2D eigenvalue weighted by Gasteiger charge is 2.29. The van der Waals surface area contributed by atoms with Crippen LogP contribution in [-0.2, 0) is 14.6 Å². The third-order valence-electron chi connectivity index (χ3n) is 5.60. The van der Waals surface area contributed by atoms with Crippen molar-refractivity contribution in [1.29, 1.82) is 0 Å². The van der Waals surface area contributed by atoms with Crippen molar-refractivity contribution in [3.05, 3.63) is 53.2 Å². The van der Waals surface area contributed by atoms with Gasteiger partial charge in [0, 0.05) is 38.5 Å². The number of carbonyl (C=O) groups excluding carboxylic acids is 1. The van der Waals surface area contributed by atoms with Crippen LogP contribution in [0.25, 0.3) is 0 Å². The highest BCUT2D eigenvalue weighted by molar-refractivity contribution is 7.90. The number of rotatable bonds is 5. The van der Waals surface area contributed by atoms with E-state index in [1.165, 1.54) is 6.26 Å². The van der Waals surface area contributed by atoms with Crippen LogP contribution in [0.1, 0.15) is 31.4 Å². The molecule has 1 aromatic carbocycles. The van der Waals surface area contributed by atoms with E-state index in [0.29, 0.717) is 5.02 Å². The van der Waals surface area contributed by atoms with E-state index in [0.717, 1.165) is 37.3 Å². The Hall–Kier alpha value is -2.12. The molecule has 1 unspecified atom stereocenters. The lowest BCUT2D eigenvalue weighted by Gasteiger charge is -2.35. The Morgan fingerprint density at radius 3 is 2.31 bits per heavy atom. The van der Waals surface area contributed by atoms with Crippen molar-refractivity contribution in [3.63, 3.8) is 0 Å². The monoisotopic (exact) mass is 435 g/mol. The molecule has 0 aliphatic carbocycles. The van der Waals surface area contributed by atoms with Crippen LogP contribution in [0.4, 0.5) is 5.82 Å². The second-order valence-electron chi connectivity index (χ2n) is 7.56. The van der Waals surface area contributed by atoms with Crippen molar-refractivity contribution in [1.82, 2.24) is 9.88 Å². The van der Waals surface area contributed by atoms with Crippen LogP contribution >= 0.6 is 11.6 Å². The van der Waals surface area contributed by atoms with Gasteiger partial charge < -0.3 is 9.80 Å². The maximum Gasteiger partial charge on any atom is 0.226 e. The zero-order valence-electron chi connectivity index (χ0n) is 16.9. The molecule has 3 rings (SSSR count). The molecule has 0 saturated carbocycles. The summed E-state index contributed by atoms with van der Waals surface area (Å²) in [6, 6.07) is 10.3. The number of halogens is 1. The van der Waals surface area contributed by atoms with Gasteiger partial charge >= 0.3 is 0 Å². The van der Waals surface area contributed by atoms with Crippen LogP contribution in [0.15, 0.2) is 47.5 Å². The average Bonchev–Trinajstić information content (AvgIpc) is 2.72. The number of piperidine rings is 1. The van der Waals surface area contributed by atoms with E-state index >= 15 is 0 Å². The van der Waals surface area contributed by atoms with E-state index in [1.54, 1.807) is 35.4 Å². The molecular weight excluding hydrogens is 410 g/mol. The summed E-state index contributed by atoms with van der Waals surface area (Å²) >= 11 is 5.90. The number of sulfone groups is 1. The van der Waals surface area contributed by atoms with Crippen LogP contribution in [0.5, 0.6) is 0 Å². The Kier molecular flexibility index (Phi) is 6.49. The maximum atomic E-state index is 13.0. The minimum Gasteiger partial charge on any atom is -0.357 e. The second kappa shape index (κ2) is 8.71. The molecule has 8 heteroatoms. The summed E-state index contributed by atoms with van der Waals surface area (Å²) in [4.78, 5) is 21.6. The number of hydrogen-bond donors (Lipinski definition) is 0. The quantitative estimate of drug-likeness (QED) is 0.717. The van der Waals surface area contributed by atoms with Crippen molar-refractivity contribution in [2.45, 2.75) is 30.7 Å². The summed E-state index contributed by atoms with van der Waals surface area (Å²) in [6.45, 7) is 3.51. The van der Waals surface area contributed by atoms with Gasteiger partial charge in [0.2, 0.25) is 5.91 Å². The molecule has 0 radical (unpaired) electrons. The number of anilines is 1. The fraction of sp³-hybridized carbons (Fsp3) is 0.429. The van der Waals surface area contributed by atoms with E-state index in [4.69, 9.17) is 11.6 Å². The molecule has 0 spiro atoms. The molecule has 1 fully saturated rings. The van der Waals surface area contributed by atoms with Crippen LogP contribution in [0.3, 0.4) is 0 Å². The van der Waals surface area contributed by atoms with Gasteiger partial charge in [-0.1, -0.05) is 23.7 Å². The Balaban J connectivity index is 1.60. The van der Waals surface area contributed by atoms with Crippen LogP contribution in [0.2, 0.25) is 5.02 Å². The molecule has 0 N–H and O–H groups in total. The SMILES string of the molecule is CC(c1ccc(S(C)(=O)=O)cc1)N(C)C(=O)C1CCN(c2ccc(Cl)cn2)CC1. The summed E-state index contributed by atoms with van der Waals surface area (Å²) in [5.41, 5.74) is 0.913. The zero-order chi connectivity index (χ0) is 21.2. The maximum absolute atomic E-state index is 13.0. The van der Waals surface area contributed by atoms with E-state index in [2.05, 4.69) is 9.88 Å². The molecule has 156 valence electrons. The molecule has 1 aliphatic heterocycles. The second-order valence-corrected chi connectivity index (χ2v) is 10.0. The van der Waals surface area contributed by atoms with Crippen molar-refractivity contribution < 1.29 is 13.2 Å². The summed E-state index contributed by atoms with van der Waals surface area (Å²) < 4.78 is 23.3.